The van der Waals surface area contributed by atoms with Crippen LogP contribution in [-0.4, -0.2) is 13.1 Å². The van der Waals surface area contributed by atoms with Gasteiger partial charge in [0, 0.05) is 6.07 Å². The van der Waals surface area contributed by atoms with Crippen LogP contribution in [0.1, 0.15) is 15.9 Å². The number of carbonyl (C=O) groups is 1. The third-order valence-corrected chi connectivity index (χ3v) is 1.57. The van der Waals surface area contributed by atoms with Crippen molar-refractivity contribution in [3.8, 4) is 6.07 Å². The van der Waals surface area contributed by atoms with Crippen LogP contribution in [-0.2, 0) is 4.74 Å². The van der Waals surface area contributed by atoms with Crippen LogP contribution in [0.15, 0.2) is 12.1 Å². The number of halogens is 2. The van der Waals surface area contributed by atoms with Gasteiger partial charge in [-0.05, 0) is 6.07 Å². The number of hydrogen-bond donors (Lipinski definition) is 0. The molecular weight excluding hydrogens is 192 g/mol. The largest absolute Gasteiger partial charge is 0.465 e. The van der Waals surface area contributed by atoms with Crippen LogP contribution in [0.4, 0.5) is 8.78 Å². The summed E-state index contributed by atoms with van der Waals surface area (Å²) < 4.78 is 29.9. The summed E-state index contributed by atoms with van der Waals surface area (Å²) in [6, 6.07) is 2.75. The van der Waals surface area contributed by atoms with Gasteiger partial charge in [-0.25, -0.2) is 13.6 Å². The summed E-state index contributed by atoms with van der Waals surface area (Å²) >= 11 is 0. The first kappa shape index (κ1) is 10.1. The molecule has 0 aromatic heterocycles. The molecule has 0 amide bonds. The number of benzene rings is 1. The third kappa shape index (κ3) is 1.69. The minimum Gasteiger partial charge on any atom is -0.465 e. The van der Waals surface area contributed by atoms with Crippen molar-refractivity contribution in [2.24, 2.45) is 0 Å². The molecule has 14 heavy (non-hydrogen) atoms. The quantitative estimate of drug-likeness (QED) is 0.643. The van der Waals surface area contributed by atoms with Crippen LogP contribution in [0.2, 0.25) is 0 Å². The van der Waals surface area contributed by atoms with E-state index >= 15 is 0 Å². The number of ether oxygens (including phenoxy) is 1. The lowest BCUT2D eigenvalue weighted by molar-refractivity contribution is 0.0599. The highest BCUT2D eigenvalue weighted by molar-refractivity contribution is 5.92. The highest BCUT2D eigenvalue weighted by Crippen LogP contribution is 2.15. The first-order chi connectivity index (χ1) is 6.60. The van der Waals surface area contributed by atoms with E-state index in [4.69, 9.17) is 5.26 Å². The SMILES string of the molecule is COC(=O)c1cc(F)cc(F)c1C#N. The second kappa shape index (κ2) is 3.83. The Morgan fingerprint density at radius 3 is 2.64 bits per heavy atom. The van der Waals surface area contributed by atoms with Crippen molar-refractivity contribution in [1.82, 2.24) is 0 Å². The molecule has 0 atom stereocenters. The summed E-state index contributed by atoms with van der Waals surface area (Å²) in [5.41, 5.74) is -0.925. The second-order valence-electron chi connectivity index (χ2n) is 2.41. The molecule has 0 bridgehead atoms. The van der Waals surface area contributed by atoms with Crippen molar-refractivity contribution >= 4 is 5.97 Å². The molecule has 0 N–H and O–H groups in total. The highest BCUT2D eigenvalue weighted by Gasteiger charge is 2.17. The number of esters is 1. The lowest BCUT2D eigenvalue weighted by Crippen LogP contribution is -2.06. The van der Waals surface area contributed by atoms with Gasteiger partial charge in [0.2, 0.25) is 0 Å². The Bertz CT molecular complexity index is 424. The summed E-state index contributed by atoms with van der Waals surface area (Å²) in [7, 11) is 1.06. The number of rotatable bonds is 1. The minimum atomic E-state index is -1.08. The van der Waals surface area contributed by atoms with Crippen molar-refractivity contribution < 1.29 is 18.3 Å². The van der Waals surface area contributed by atoms with E-state index in [1.54, 1.807) is 0 Å². The summed E-state index contributed by atoms with van der Waals surface area (Å²) in [6.45, 7) is 0. The third-order valence-electron chi connectivity index (χ3n) is 1.57. The van der Waals surface area contributed by atoms with Gasteiger partial charge in [0.25, 0.3) is 0 Å². The van der Waals surface area contributed by atoms with Gasteiger partial charge >= 0.3 is 5.97 Å². The van der Waals surface area contributed by atoms with Gasteiger partial charge in [0.05, 0.1) is 12.7 Å². The van der Waals surface area contributed by atoms with E-state index < -0.39 is 28.7 Å². The van der Waals surface area contributed by atoms with E-state index in [1.165, 1.54) is 6.07 Å². The normalized spacial score (nSPS) is 9.29. The maximum Gasteiger partial charge on any atom is 0.339 e. The Morgan fingerprint density at radius 1 is 1.50 bits per heavy atom. The second-order valence-corrected chi connectivity index (χ2v) is 2.41. The molecule has 0 radical (unpaired) electrons. The van der Waals surface area contributed by atoms with Gasteiger partial charge in [-0.1, -0.05) is 0 Å². The van der Waals surface area contributed by atoms with Gasteiger partial charge in [0.1, 0.15) is 23.3 Å². The standard InChI is InChI=1S/C9H5F2NO2/c1-14-9(13)6-2-5(10)3-8(11)7(6)4-12/h2-3H,1H3. The maximum atomic E-state index is 12.9. The summed E-state index contributed by atoms with van der Waals surface area (Å²) in [4.78, 5) is 11.0. The molecule has 5 heteroatoms. The smallest absolute Gasteiger partial charge is 0.339 e. The van der Waals surface area contributed by atoms with Crippen molar-refractivity contribution in [3.05, 3.63) is 34.9 Å². The topological polar surface area (TPSA) is 50.1 Å². The minimum absolute atomic E-state index is 0.410. The number of nitriles is 1. The molecule has 72 valence electrons. The van der Waals surface area contributed by atoms with Crippen molar-refractivity contribution in [3.63, 3.8) is 0 Å². The van der Waals surface area contributed by atoms with Crippen LogP contribution in [0, 0.1) is 23.0 Å². The van der Waals surface area contributed by atoms with Crippen molar-refractivity contribution in [1.29, 1.82) is 5.26 Å². The molecule has 0 fully saturated rings. The fourth-order valence-corrected chi connectivity index (χ4v) is 0.958. The average molecular weight is 197 g/mol. The Hall–Kier alpha value is -1.96. The molecule has 3 nitrogen and oxygen atoms in total. The molecular formula is C9H5F2NO2. The fourth-order valence-electron chi connectivity index (χ4n) is 0.958. The molecule has 0 unspecified atom stereocenters. The summed E-state index contributed by atoms with van der Waals surface area (Å²) in [5.74, 6) is -2.95. The molecule has 0 heterocycles. The maximum absolute atomic E-state index is 12.9. The molecule has 0 saturated carbocycles. The van der Waals surface area contributed by atoms with Gasteiger partial charge in [0.15, 0.2) is 0 Å². The Morgan fingerprint density at radius 2 is 2.14 bits per heavy atom. The first-order valence-electron chi connectivity index (χ1n) is 3.57. The Labute approximate surface area is 78.5 Å². The molecule has 0 spiro atoms. The number of methoxy groups -OCH3 is 1. The predicted octanol–water partition coefficient (Wildman–Crippen LogP) is 1.62. The van der Waals surface area contributed by atoms with E-state index in [9.17, 15) is 13.6 Å². The monoisotopic (exact) mass is 197 g/mol. The van der Waals surface area contributed by atoms with E-state index in [-0.39, 0.29) is 0 Å². The zero-order chi connectivity index (χ0) is 10.7. The Kier molecular flexibility index (Phi) is 2.77. The summed E-state index contributed by atoms with van der Waals surface area (Å²) in [5, 5.41) is 8.51. The molecule has 0 aliphatic carbocycles. The van der Waals surface area contributed by atoms with Gasteiger partial charge < -0.3 is 4.74 Å². The van der Waals surface area contributed by atoms with Gasteiger partial charge in [-0.15, -0.1) is 0 Å². The molecule has 1 aromatic rings. The fraction of sp³-hybridized carbons (Fsp3) is 0.111. The summed E-state index contributed by atoms with van der Waals surface area (Å²) in [6.07, 6.45) is 0. The number of nitrogens with zero attached hydrogens (tertiary/aromatic N) is 1. The van der Waals surface area contributed by atoms with E-state index in [0.29, 0.717) is 6.07 Å². The molecule has 1 rings (SSSR count). The van der Waals surface area contributed by atoms with E-state index in [2.05, 4.69) is 4.74 Å². The zero-order valence-electron chi connectivity index (χ0n) is 7.17. The van der Waals surface area contributed by atoms with Crippen molar-refractivity contribution in [2.45, 2.75) is 0 Å². The Balaban J connectivity index is 3.41. The van der Waals surface area contributed by atoms with Crippen LogP contribution in [0.25, 0.3) is 0 Å². The first-order valence-corrected chi connectivity index (χ1v) is 3.57. The zero-order valence-corrected chi connectivity index (χ0v) is 7.17. The number of carbonyl (C=O) groups excluding carboxylic acids is 1. The van der Waals surface area contributed by atoms with Crippen LogP contribution in [0.3, 0.4) is 0 Å². The van der Waals surface area contributed by atoms with E-state index in [0.717, 1.165) is 13.2 Å². The lowest BCUT2D eigenvalue weighted by Gasteiger charge is -2.02. The van der Waals surface area contributed by atoms with Gasteiger partial charge in [-0.2, -0.15) is 5.26 Å². The highest BCUT2D eigenvalue weighted by atomic mass is 19.1. The van der Waals surface area contributed by atoms with Crippen LogP contribution >= 0.6 is 0 Å². The van der Waals surface area contributed by atoms with Crippen LogP contribution in [0.5, 0.6) is 0 Å². The lowest BCUT2D eigenvalue weighted by atomic mass is 10.1. The molecule has 0 saturated heterocycles. The molecule has 0 aliphatic heterocycles. The van der Waals surface area contributed by atoms with Crippen molar-refractivity contribution in [2.75, 3.05) is 7.11 Å². The molecule has 0 aliphatic rings. The van der Waals surface area contributed by atoms with E-state index in [1.807, 2.05) is 0 Å². The number of hydrogen-bond acceptors (Lipinski definition) is 3. The van der Waals surface area contributed by atoms with Gasteiger partial charge in [-0.3, -0.25) is 0 Å². The predicted molar refractivity (Wildman–Crippen MR) is 42.4 cm³/mol. The molecule has 1 aromatic carbocycles. The average Bonchev–Trinajstić information content (AvgIpc) is 2.15. The van der Waals surface area contributed by atoms with Crippen LogP contribution < -0.4 is 0 Å².